The van der Waals surface area contributed by atoms with Crippen LogP contribution < -0.4 is 15.4 Å². The van der Waals surface area contributed by atoms with E-state index in [0.717, 1.165) is 19.3 Å². The maximum absolute atomic E-state index is 12.3. The number of thiocarbonyl (C=S) groups is 1. The van der Waals surface area contributed by atoms with Gasteiger partial charge in [-0.15, -0.1) is 0 Å². The van der Waals surface area contributed by atoms with Crippen molar-refractivity contribution in [1.29, 1.82) is 0 Å². The van der Waals surface area contributed by atoms with E-state index in [4.69, 9.17) is 17.0 Å². The van der Waals surface area contributed by atoms with Crippen LogP contribution in [-0.2, 0) is 0 Å². The van der Waals surface area contributed by atoms with Crippen LogP contribution in [0.3, 0.4) is 0 Å². The first-order chi connectivity index (χ1) is 13.2. The number of hydrogen-bond donors (Lipinski definition) is 2. The highest BCUT2D eigenvalue weighted by atomic mass is 32.1. The Morgan fingerprint density at radius 1 is 1.19 bits per heavy atom. The predicted molar refractivity (Wildman–Crippen MR) is 105 cm³/mol. The molecule has 0 spiro atoms. The number of benzene rings is 1. The minimum Gasteiger partial charge on any atom is -0.478 e. The zero-order valence-electron chi connectivity index (χ0n) is 14.8. The van der Waals surface area contributed by atoms with Crippen LogP contribution in [0.2, 0.25) is 0 Å². The average Bonchev–Trinajstić information content (AvgIpc) is 3.14. The molecule has 3 aromatic rings. The second-order valence-electron chi connectivity index (χ2n) is 5.82. The molecule has 1 amide bonds. The predicted octanol–water partition coefficient (Wildman–Crippen LogP) is 3.31. The van der Waals surface area contributed by atoms with Gasteiger partial charge in [0.15, 0.2) is 5.11 Å². The molecular formula is C18H19N5O3S. The van der Waals surface area contributed by atoms with Gasteiger partial charge in [0.05, 0.1) is 18.5 Å². The van der Waals surface area contributed by atoms with E-state index in [0.29, 0.717) is 34.8 Å². The molecule has 8 nitrogen and oxygen atoms in total. The van der Waals surface area contributed by atoms with E-state index >= 15 is 0 Å². The monoisotopic (exact) mass is 385 g/mol. The van der Waals surface area contributed by atoms with Gasteiger partial charge in [0.1, 0.15) is 11.0 Å². The van der Waals surface area contributed by atoms with Gasteiger partial charge in [-0.05, 0) is 53.2 Å². The van der Waals surface area contributed by atoms with Crippen molar-refractivity contribution in [2.45, 2.75) is 26.2 Å². The zero-order valence-corrected chi connectivity index (χ0v) is 15.6. The molecule has 2 N–H and O–H groups in total. The lowest BCUT2D eigenvalue weighted by Crippen LogP contribution is -2.34. The van der Waals surface area contributed by atoms with Crippen molar-refractivity contribution < 1.29 is 14.2 Å². The van der Waals surface area contributed by atoms with Crippen molar-refractivity contribution in [3.8, 4) is 5.88 Å². The van der Waals surface area contributed by atoms with Crippen LogP contribution in [0.25, 0.3) is 11.0 Å². The van der Waals surface area contributed by atoms with E-state index in [2.05, 4.69) is 37.5 Å². The van der Waals surface area contributed by atoms with Crippen LogP contribution in [0.1, 0.15) is 36.5 Å². The lowest BCUT2D eigenvalue weighted by molar-refractivity contribution is 0.0978. The number of nitrogens with zero attached hydrogens (tertiary/aromatic N) is 3. The lowest BCUT2D eigenvalue weighted by atomic mass is 10.2. The number of anilines is 1. The summed E-state index contributed by atoms with van der Waals surface area (Å²) in [5, 5.41) is 13.1. The summed E-state index contributed by atoms with van der Waals surface area (Å²) in [6, 6.07) is 8.39. The molecule has 2 aromatic heterocycles. The molecule has 9 heteroatoms. The maximum atomic E-state index is 12.3. The molecule has 0 unspecified atom stereocenters. The van der Waals surface area contributed by atoms with Crippen LogP contribution in [-0.4, -0.2) is 32.9 Å². The Balaban J connectivity index is 1.51. The third-order valence-electron chi connectivity index (χ3n) is 3.74. The van der Waals surface area contributed by atoms with Crippen molar-refractivity contribution in [3.05, 3.63) is 42.1 Å². The van der Waals surface area contributed by atoms with Crippen molar-refractivity contribution >= 4 is 40.0 Å². The number of hydrogen-bond acceptors (Lipinski definition) is 7. The highest BCUT2D eigenvalue weighted by Crippen LogP contribution is 2.13. The SMILES string of the molecule is CCCCCOc1ccc(NC(=S)NC(=O)c2ccc3nonc3c2)cn1. The molecule has 0 bridgehead atoms. The van der Waals surface area contributed by atoms with Crippen molar-refractivity contribution in [1.82, 2.24) is 20.6 Å². The van der Waals surface area contributed by atoms with Gasteiger partial charge in [0.25, 0.3) is 5.91 Å². The number of rotatable bonds is 7. The van der Waals surface area contributed by atoms with Gasteiger partial charge in [-0.25, -0.2) is 9.61 Å². The number of nitrogens with one attached hydrogen (secondary N) is 2. The summed E-state index contributed by atoms with van der Waals surface area (Å²) < 4.78 is 10.2. The molecule has 0 aliphatic heterocycles. The number of fused-ring (bicyclic) bond motifs is 1. The number of pyridine rings is 1. The first-order valence-electron chi connectivity index (χ1n) is 8.59. The summed E-state index contributed by atoms with van der Waals surface area (Å²) in [6.45, 7) is 2.79. The molecule has 0 saturated heterocycles. The Hall–Kier alpha value is -3.07. The van der Waals surface area contributed by atoms with Gasteiger partial charge in [0.2, 0.25) is 5.88 Å². The second kappa shape index (κ2) is 9.04. The Morgan fingerprint density at radius 2 is 2.04 bits per heavy atom. The van der Waals surface area contributed by atoms with Gasteiger partial charge >= 0.3 is 0 Å². The van der Waals surface area contributed by atoms with Crippen molar-refractivity contribution in [2.75, 3.05) is 11.9 Å². The van der Waals surface area contributed by atoms with E-state index in [1.165, 1.54) is 0 Å². The summed E-state index contributed by atoms with van der Waals surface area (Å²) in [5.74, 6) is 0.197. The van der Waals surface area contributed by atoms with Crippen LogP contribution in [0.15, 0.2) is 41.2 Å². The van der Waals surface area contributed by atoms with E-state index in [9.17, 15) is 4.79 Å². The normalized spacial score (nSPS) is 10.6. The summed E-state index contributed by atoms with van der Waals surface area (Å²) in [7, 11) is 0. The summed E-state index contributed by atoms with van der Waals surface area (Å²) in [5.41, 5.74) is 2.13. The number of ether oxygens (including phenoxy) is 1. The number of amides is 1. The van der Waals surface area contributed by atoms with E-state index in [-0.39, 0.29) is 11.0 Å². The molecule has 0 aliphatic carbocycles. The first-order valence-corrected chi connectivity index (χ1v) is 9.00. The summed E-state index contributed by atoms with van der Waals surface area (Å²) >= 11 is 5.17. The molecule has 0 aliphatic rings. The molecule has 3 rings (SSSR count). The molecular weight excluding hydrogens is 366 g/mol. The fourth-order valence-corrected chi connectivity index (χ4v) is 2.54. The van der Waals surface area contributed by atoms with Crippen LogP contribution in [0, 0.1) is 0 Å². The van der Waals surface area contributed by atoms with E-state index in [1.54, 1.807) is 36.5 Å². The Kier molecular flexibility index (Phi) is 6.26. The smallest absolute Gasteiger partial charge is 0.257 e. The topological polar surface area (TPSA) is 102 Å². The number of carbonyl (C=O) groups excluding carboxylic acids is 1. The van der Waals surface area contributed by atoms with Crippen molar-refractivity contribution in [3.63, 3.8) is 0 Å². The van der Waals surface area contributed by atoms with Crippen LogP contribution in [0.5, 0.6) is 5.88 Å². The molecule has 27 heavy (non-hydrogen) atoms. The molecule has 0 saturated carbocycles. The van der Waals surface area contributed by atoms with E-state index < -0.39 is 0 Å². The molecule has 0 radical (unpaired) electrons. The number of carbonyl (C=O) groups is 1. The van der Waals surface area contributed by atoms with Gasteiger partial charge < -0.3 is 10.1 Å². The number of aromatic nitrogens is 3. The Bertz CT molecular complexity index is 926. The summed E-state index contributed by atoms with van der Waals surface area (Å²) in [6.07, 6.45) is 4.88. The minimum absolute atomic E-state index is 0.164. The van der Waals surface area contributed by atoms with Gasteiger partial charge in [-0.2, -0.15) is 0 Å². The fraction of sp³-hybridized carbons (Fsp3) is 0.278. The lowest BCUT2D eigenvalue weighted by Gasteiger charge is -2.10. The molecule has 2 heterocycles. The third-order valence-corrected chi connectivity index (χ3v) is 3.94. The second-order valence-corrected chi connectivity index (χ2v) is 6.22. The standard InChI is InChI=1S/C18H19N5O3S/c1-2-3-4-9-25-16-8-6-13(11-19-16)20-18(27)21-17(24)12-5-7-14-15(10-12)23-26-22-14/h5-8,10-11H,2-4,9H2,1H3,(H2,20,21,24,27). The zero-order chi connectivity index (χ0) is 19.1. The van der Waals surface area contributed by atoms with Crippen molar-refractivity contribution in [2.24, 2.45) is 0 Å². The van der Waals surface area contributed by atoms with Gasteiger partial charge in [-0.1, -0.05) is 19.8 Å². The van der Waals surface area contributed by atoms with Crippen LogP contribution >= 0.6 is 12.2 Å². The quantitative estimate of drug-likeness (QED) is 0.472. The highest BCUT2D eigenvalue weighted by molar-refractivity contribution is 7.80. The molecule has 1 aromatic carbocycles. The minimum atomic E-state index is -0.360. The third kappa shape index (κ3) is 5.20. The van der Waals surface area contributed by atoms with E-state index in [1.807, 2.05) is 0 Å². The molecule has 0 atom stereocenters. The molecule has 140 valence electrons. The number of unbranched alkanes of at least 4 members (excludes halogenated alkanes) is 2. The van der Waals surface area contributed by atoms with Gasteiger partial charge in [-0.3, -0.25) is 10.1 Å². The highest BCUT2D eigenvalue weighted by Gasteiger charge is 2.11. The van der Waals surface area contributed by atoms with Gasteiger partial charge in [0, 0.05) is 11.6 Å². The fourth-order valence-electron chi connectivity index (χ4n) is 2.33. The first kappa shape index (κ1) is 18.7. The Morgan fingerprint density at radius 3 is 2.81 bits per heavy atom. The Labute approximate surface area is 161 Å². The average molecular weight is 385 g/mol. The largest absolute Gasteiger partial charge is 0.478 e. The molecule has 0 fully saturated rings. The maximum Gasteiger partial charge on any atom is 0.257 e. The van der Waals surface area contributed by atoms with Crippen LogP contribution in [0.4, 0.5) is 5.69 Å². The summed E-state index contributed by atoms with van der Waals surface area (Å²) in [4.78, 5) is 16.5.